The highest BCUT2D eigenvalue weighted by Gasteiger charge is 2.41. The van der Waals surface area contributed by atoms with Crippen molar-refractivity contribution in [2.45, 2.75) is 12.1 Å². The molecular formula is C15H21N3O. The minimum atomic E-state index is -0.150. The van der Waals surface area contributed by atoms with Gasteiger partial charge in [0, 0.05) is 18.8 Å². The number of hydrogen-bond acceptors (Lipinski definition) is 4. The Morgan fingerprint density at radius 2 is 1.74 bits per heavy atom. The zero-order valence-electron chi connectivity index (χ0n) is 11.6. The number of hydrogen-bond donors (Lipinski definition) is 3. The minimum absolute atomic E-state index is 0.0696. The summed E-state index contributed by atoms with van der Waals surface area (Å²) < 4.78 is 0. The quantitative estimate of drug-likeness (QED) is 0.679. The van der Waals surface area contributed by atoms with Crippen LogP contribution in [0.3, 0.4) is 0 Å². The molecule has 3 atom stereocenters. The maximum absolute atomic E-state index is 11.4. The Bertz CT molecular complexity index is 470. The molecule has 3 N–H and O–H groups in total. The molecule has 4 heteroatoms. The van der Waals surface area contributed by atoms with Crippen molar-refractivity contribution in [2.75, 3.05) is 21.1 Å². The predicted molar refractivity (Wildman–Crippen MR) is 77.7 cm³/mol. The second-order valence-corrected chi connectivity index (χ2v) is 4.69. The summed E-state index contributed by atoms with van der Waals surface area (Å²) in [6.45, 7) is 0. The van der Waals surface area contributed by atoms with E-state index in [1.54, 1.807) is 0 Å². The van der Waals surface area contributed by atoms with E-state index in [-0.39, 0.29) is 18.0 Å². The average molecular weight is 259 g/mol. The molecule has 0 saturated heterocycles. The van der Waals surface area contributed by atoms with E-state index in [2.05, 4.69) is 28.1 Å². The van der Waals surface area contributed by atoms with Gasteiger partial charge in [-0.05, 0) is 25.2 Å². The Balaban J connectivity index is 2.54. The van der Waals surface area contributed by atoms with E-state index in [1.807, 2.05) is 39.3 Å². The molecule has 19 heavy (non-hydrogen) atoms. The molecule has 3 unspecified atom stereocenters. The van der Waals surface area contributed by atoms with Crippen LogP contribution in [0.2, 0.25) is 0 Å². The number of benzene rings is 1. The average Bonchev–Trinajstić information content (AvgIpc) is 2.80. The van der Waals surface area contributed by atoms with Crippen molar-refractivity contribution >= 4 is 11.9 Å². The summed E-state index contributed by atoms with van der Waals surface area (Å²) in [6.07, 6.45) is 1.02. The molecule has 0 amide bonds. The fraction of sp³-hybridized carbons (Fsp3) is 0.400. The Morgan fingerprint density at radius 3 is 2.21 bits per heavy atom. The maximum Gasteiger partial charge on any atom is 0.130 e. The van der Waals surface area contributed by atoms with Crippen molar-refractivity contribution in [1.82, 2.24) is 16.0 Å². The van der Waals surface area contributed by atoms with Crippen LogP contribution in [-0.2, 0) is 4.79 Å². The Kier molecular flexibility index (Phi) is 4.35. The predicted octanol–water partition coefficient (Wildman–Crippen LogP) is 0.622. The molecule has 1 aliphatic carbocycles. The van der Waals surface area contributed by atoms with Crippen LogP contribution in [-0.4, -0.2) is 39.5 Å². The van der Waals surface area contributed by atoms with Crippen molar-refractivity contribution in [3.8, 4) is 0 Å². The summed E-state index contributed by atoms with van der Waals surface area (Å²) in [5, 5.41) is 9.79. The van der Waals surface area contributed by atoms with E-state index in [0.29, 0.717) is 0 Å². The normalized spacial score (nSPS) is 26.6. The third-order valence-electron chi connectivity index (χ3n) is 3.83. The van der Waals surface area contributed by atoms with Crippen molar-refractivity contribution in [3.63, 3.8) is 0 Å². The van der Waals surface area contributed by atoms with Crippen LogP contribution in [0.25, 0.3) is 5.57 Å². The number of nitrogens with one attached hydrogen (secondary N) is 3. The van der Waals surface area contributed by atoms with Gasteiger partial charge in [-0.2, -0.15) is 0 Å². The topological polar surface area (TPSA) is 53.2 Å². The molecule has 1 aromatic rings. The molecule has 0 spiro atoms. The van der Waals surface area contributed by atoms with Crippen LogP contribution < -0.4 is 16.0 Å². The molecule has 0 aromatic heterocycles. The van der Waals surface area contributed by atoms with Gasteiger partial charge >= 0.3 is 0 Å². The molecule has 0 fully saturated rings. The lowest BCUT2D eigenvalue weighted by Gasteiger charge is -2.23. The van der Waals surface area contributed by atoms with Gasteiger partial charge in [-0.3, -0.25) is 0 Å². The first-order valence-electron chi connectivity index (χ1n) is 6.55. The van der Waals surface area contributed by atoms with Gasteiger partial charge < -0.3 is 20.7 Å². The van der Waals surface area contributed by atoms with Crippen LogP contribution in [0.1, 0.15) is 5.56 Å². The van der Waals surface area contributed by atoms with E-state index < -0.39 is 0 Å². The molecule has 0 radical (unpaired) electrons. The highest BCUT2D eigenvalue weighted by Crippen LogP contribution is 2.36. The summed E-state index contributed by atoms with van der Waals surface area (Å²) in [7, 11) is 5.70. The second kappa shape index (κ2) is 5.99. The number of rotatable bonds is 5. The summed E-state index contributed by atoms with van der Waals surface area (Å²) in [5.41, 5.74) is 3.32. The van der Waals surface area contributed by atoms with Crippen molar-refractivity contribution in [1.29, 1.82) is 0 Å². The van der Waals surface area contributed by atoms with Gasteiger partial charge in [0.15, 0.2) is 0 Å². The minimum Gasteiger partial charge on any atom is -0.391 e. The highest BCUT2D eigenvalue weighted by molar-refractivity contribution is 5.82. The number of likely N-dealkylation sites (N-methyl/N-ethyl adjacent to an activating group) is 2. The van der Waals surface area contributed by atoms with E-state index in [9.17, 15) is 4.79 Å². The molecule has 1 aromatic carbocycles. The summed E-state index contributed by atoms with van der Waals surface area (Å²) in [6, 6.07) is 10.4. The summed E-state index contributed by atoms with van der Waals surface area (Å²) in [5.74, 6) is -0.150. The lowest BCUT2D eigenvalue weighted by molar-refractivity contribution is -0.110. The van der Waals surface area contributed by atoms with E-state index in [4.69, 9.17) is 0 Å². The van der Waals surface area contributed by atoms with Gasteiger partial charge in [0.25, 0.3) is 0 Å². The number of carbonyl (C=O) groups excluding carboxylic acids is 1. The van der Waals surface area contributed by atoms with Crippen LogP contribution in [0.5, 0.6) is 0 Å². The first kappa shape index (κ1) is 13.8. The first-order valence-corrected chi connectivity index (χ1v) is 6.55. The van der Waals surface area contributed by atoms with Gasteiger partial charge in [0.05, 0.1) is 12.0 Å². The summed E-state index contributed by atoms with van der Waals surface area (Å²) in [4.78, 5) is 11.4. The fourth-order valence-corrected chi connectivity index (χ4v) is 2.99. The molecular weight excluding hydrogens is 238 g/mol. The van der Waals surface area contributed by atoms with Crippen LogP contribution in [0.15, 0.2) is 36.0 Å². The number of carbonyl (C=O) groups is 1. The third kappa shape index (κ3) is 2.29. The lowest BCUT2D eigenvalue weighted by Crippen LogP contribution is -2.47. The molecule has 4 nitrogen and oxygen atoms in total. The zero-order valence-corrected chi connectivity index (χ0v) is 11.6. The molecule has 0 heterocycles. The van der Waals surface area contributed by atoms with Gasteiger partial charge in [-0.1, -0.05) is 30.3 Å². The van der Waals surface area contributed by atoms with E-state index in [1.165, 1.54) is 5.57 Å². The molecule has 0 aliphatic heterocycles. The molecule has 1 aliphatic rings. The molecule has 2 rings (SSSR count). The molecule has 0 saturated carbocycles. The molecule has 102 valence electrons. The first-order chi connectivity index (χ1) is 9.28. The van der Waals surface area contributed by atoms with Crippen molar-refractivity contribution < 1.29 is 4.79 Å². The Labute approximate surface area is 114 Å². The SMILES string of the molecule is CNC1=C(c2ccccc2)C(NC)C(NC)C1C=O. The molecule has 0 bridgehead atoms. The van der Waals surface area contributed by atoms with Gasteiger partial charge in [-0.25, -0.2) is 0 Å². The lowest BCUT2D eigenvalue weighted by atomic mass is 9.98. The van der Waals surface area contributed by atoms with Crippen molar-refractivity contribution in [3.05, 3.63) is 41.6 Å². The van der Waals surface area contributed by atoms with Crippen molar-refractivity contribution in [2.24, 2.45) is 5.92 Å². The Morgan fingerprint density at radius 1 is 1.05 bits per heavy atom. The van der Waals surface area contributed by atoms with Crippen LogP contribution in [0, 0.1) is 5.92 Å². The van der Waals surface area contributed by atoms with E-state index in [0.717, 1.165) is 17.5 Å². The second-order valence-electron chi connectivity index (χ2n) is 4.69. The monoisotopic (exact) mass is 259 g/mol. The maximum atomic E-state index is 11.4. The third-order valence-corrected chi connectivity index (χ3v) is 3.83. The zero-order chi connectivity index (χ0) is 13.8. The smallest absolute Gasteiger partial charge is 0.130 e. The summed E-state index contributed by atoms with van der Waals surface area (Å²) >= 11 is 0. The highest BCUT2D eigenvalue weighted by atomic mass is 16.1. The van der Waals surface area contributed by atoms with Crippen LogP contribution in [0.4, 0.5) is 0 Å². The van der Waals surface area contributed by atoms with Gasteiger partial charge in [-0.15, -0.1) is 0 Å². The van der Waals surface area contributed by atoms with Gasteiger partial charge in [0.2, 0.25) is 0 Å². The van der Waals surface area contributed by atoms with E-state index >= 15 is 0 Å². The van der Waals surface area contributed by atoms with Gasteiger partial charge in [0.1, 0.15) is 6.29 Å². The Hall–Kier alpha value is -1.65. The van der Waals surface area contributed by atoms with Crippen LogP contribution >= 0.6 is 0 Å². The standard InChI is InChI=1S/C15H21N3O/c1-16-13-11(9-19)14(17-2)15(18-3)12(13)10-7-5-4-6-8-10/h4-9,11,14-18H,1-3H3. The number of aldehydes is 1. The largest absolute Gasteiger partial charge is 0.391 e. The fourth-order valence-electron chi connectivity index (χ4n) is 2.99.